The summed E-state index contributed by atoms with van der Waals surface area (Å²) in [6.07, 6.45) is 1.89. The Morgan fingerprint density at radius 3 is 2.57 bits per heavy atom. The van der Waals surface area contributed by atoms with Crippen molar-refractivity contribution in [3.8, 4) is 0 Å². The van der Waals surface area contributed by atoms with Crippen LogP contribution in [0.15, 0.2) is 30.3 Å². The standard InChI is InChI=1S/C17H26N2O2/c1-17(2,3)21-16(20)19-12-13-9-10-15(18-11-13)14-7-5-4-6-8-14/h4-8,13,15,18H,9-12H2,1-3H3,(H,19,20)/t13-,15+/m1/s1. The van der Waals surface area contributed by atoms with Gasteiger partial charge in [0.05, 0.1) is 0 Å². The Bertz CT molecular complexity index is 446. The van der Waals surface area contributed by atoms with Gasteiger partial charge in [-0.15, -0.1) is 0 Å². The zero-order valence-corrected chi connectivity index (χ0v) is 13.2. The Balaban J connectivity index is 1.71. The van der Waals surface area contributed by atoms with E-state index >= 15 is 0 Å². The average molecular weight is 290 g/mol. The summed E-state index contributed by atoms with van der Waals surface area (Å²) in [5.41, 5.74) is 0.906. The molecule has 2 rings (SSSR count). The first-order chi connectivity index (χ1) is 9.94. The molecular formula is C17H26N2O2. The molecule has 1 saturated heterocycles. The highest BCUT2D eigenvalue weighted by Crippen LogP contribution is 2.25. The lowest BCUT2D eigenvalue weighted by molar-refractivity contribution is 0.0515. The van der Waals surface area contributed by atoms with Crippen molar-refractivity contribution < 1.29 is 9.53 Å². The lowest BCUT2D eigenvalue weighted by atomic mass is 9.91. The van der Waals surface area contributed by atoms with Crippen LogP contribution < -0.4 is 10.6 Å². The molecule has 0 radical (unpaired) electrons. The van der Waals surface area contributed by atoms with Gasteiger partial charge in [0.2, 0.25) is 0 Å². The molecule has 0 saturated carbocycles. The molecule has 0 aliphatic carbocycles. The molecule has 1 aromatic carbocycles. The molecular weight excluding hydrogens is 264 g/mol. The van der Waals surface area contributed by atoms with Crippen LogP contribution in [0.25, 0.3) is 0 Å². The second-order valence-corrected chi connectivity index (χ2v) is 6.70. The fourth-order valence-electron chi connectivity index (χ4n) is 2.60. The number of amides is 1. The van der Waals surface area contributed by atoms with Crippen molar-refractivity contribution in [3.05, 3.63) is 35.9 Å². The SMILES string of the molecule is CC(C)(C)OC(=O)NC[C@@H]1CC[C@@H](c2ccccc2)NC1. The first kappa shape index (κ1) is 15.8. The maximum atomic E-state index is 11.6. The molecule has 0 aromatic heterocycles. The third-order valence-electron chi connectivity index (χ3n) is 3.65. The first-order valence-corrected chi connectivity index (χ1v) is 7.69. The molecule has 116 valence electrons. The van der Waals surface area contributed by atoms with E-state index in [4.69, 9.17) is 4.74 Å². The smallest absolute Gasteiger partial charge is 0.407 e. The van der Waals surface area contributed by atoms with Crippen LogP contribution >= 0.6 is 0 Å². The van der Waals surface area contributed by atoms with Crippen molar-refractivity contribution in [2.75, 3.05) is 13.1 Å². The predicted molar refractivity (Wildman–Crippen MR) is 84.1 cm³/mol. The zero-order chi connectivity index (χ0) is 15.3. The monoisotopic (exact) mass is 290 g/mol. The highest BCUT2D eigenvalue weighted by Gasteiger charge is 2.23. The Morgan fingerprint density at radius 1 is 1.29 bits per heavy atom. The fourth-order valence-corrected chi connectivity index (χ4v) is 2.60. The average Bonchev–Trinajstić information content (AvgIpc) is 2.45. The van der Waals surface area contributed by atoms with E-state index in [0.29, 0.717) is 18.5 Å². The Kier molecular flexibility index (Phi) is 5.23. The van der Waals surface area contributed by atoms with Gasteiger partial charge < -0.3 is 15.4 Å². The van der Waals surface area contributed by atoms with Crippen molar-refractivity contribution in [1.29, 1.82) is 0 Å². The summed E-state index contributed by atoms with van der Waals surface area (Å²) in [5, 5.41) is 6.43. The number of ether oxygens (including phenoxy) is 1. The van der Waals surface area contributed by atoms with Crippen LogP contribution in [0, 0.1) is 5.92 Å². The van der Waals surface area contributed by atoms with E-state index < -0.39 is 5.60 Å². The van der Waals surface area contributed by atoms with Gasteiger partial charge in [0.1, 0.15) is 5.60 Å². The van der Waals surface area contributed by atoms with E-state index in [9.17, 15) is 4.79 Å². The van der Waals surface area contributed by atoms with Crippen LogP contribution in [-0.4, -0.2) is 24.8 Å². The summed E-state index contributed by atoms with van der Waals surface area (Å²) in [6.45, 7) is 7.22. The highest BCUT2D eigenvalue weighted by atomic mass is 16.6. The molecule has 4 nitrogen and oxygen atoms in total. The molecule has 2 atom stereocenters. The number of benzene rings is 1. The van der Waals surface area contributed by atoms with Gasteiger partial charge in [-0.1, -0.05) is 30.3 Å². The molecule has 2 N–H and O–H groups in total. The number of carbonyl (C=O) groups excluding carboxylic acids is 1. The summed E-state index contributed by atoms with van der Waals surface area (Å²) in [4.78, 5) is 11.6. The lowest BCUT2D eigenvalue weighted by Gasteiger charge is -2.30. The Hall–Kier alpha value is -1.55. The minimum Gasteiger partial charge on any atom is -0.444 e. The maximum Gasteiger partial charge on any atom is 0.407 e. The van der Waals surface area contributed by atoms with Gasteiger partial charge in [0.25, 0.3) is 0 Å². The quantitative estimate of drug-likeness (QED) is 0.898. The highest BCUT2D eigenvalue weighted by molar-refractivity contribution is 5.67. The van der Waals surface area contributed by atoms with E-state index in [1.54, 1.807) is 0 Å². The molecule has 0 unspecified atom stereocenters. The molecule has 21 heavy (non-hydrogen) atoms. The number of hydrogen-bond donors (Lipinski definition) is 2. The third-order valence-corrected chi connectivity index (χ3v) is 3.65. The van der Waals surface area contributed by atoms with Crippen molar-refractivity contribution in [3.63, 3.8) is 0 Å². The van der Waals surface area contributed by atoms with Crippen molar-refractivity contribution >= 4 is 6.09 Å². The van der Waals surface area contributed by atoms with Crippen LogP contribution in [0.4, 0.5) is 4.79 Å². The number of nitrogens with one attached hydrogen (secondary N) is 2. The maximum absolute atomic E-state index is 11.6. The topological polar surface area (TPSA) is 50.4 Å². The van der Waals surface area contributed by atoms with Gasteiger partial charge >= 0.3 is 6.09 Å². The van der Waals surface area contributed by atoms with Crippen molar-refractivity contribution in [1.82, 2.24) is 10.6 Å². The second-order valence-electron chi connectivity index (χ2n) is 6.70. The molecule has 1 fully saturated rings. The molecule has 1 aliphatic rings. The van der Waals surface area contributed by atoms with Crippen LogP contribution in [-0.2, 0) is 4.74 Å². The summed E-state index contributed by atoms with van der Waals surface area (Å²) in [5.74, 6) is 0.470. The van der Waals surface area contributed by atoms with Crippen LogP contribution in [0.5, 0.6) is 0 Å². The first-order valence-electron chi connectivity index (χ1n) is 7.69. The normalized spacial score (nSPS) is 22.6. The molecule has 4 heteroatoms. The fraction of sp³-hybridized carbons (Fsp3) is 0.588. The summed E-state index contributed by atoms with van der Waals surface area (Å²) < 4.78 is 5.25. The minimum absolute atomic E-state index is 0.326. The lowest BCUT2D eigenvalue weighted by Crippen LogP contribution is -2.41. The van der Waals surface area contributed by atoms with Gasteiger partial charge in [0, 0.05) is 19.1 Å². The van der Waals surface area contributed by atoms with Gasteiger partial charge in [-0.25, -0.2) is 4.79 Å². The van der Waals surface area contributed by atoms with Gasteiger partial charge in [-0.2, -0.15) is 0 Å². The largest absolute Gasteiger partial charge is 0.444 e. The summed E-state index contributed by atoms with van der Waals surface area (Å²) >= 11 is 0. The van der Waals surface area contributed by atoms with E-state index in [-0.39, 0.29) is 6.09 Å². The van der Waals surface area contributed by atoms with Gasteiger partial charge in [-0.3, -0.25) is 0 Å². The number of carbonyl (C=O) groups is 1. The van der Waals surface area contributed by atoms with Crippen molar-refractivity contribution in [2.24, 2.45) is 5.92 Å². The summed E-state index contributed by atoms with van der Waals surface area (Å²) in [7, 11) is 0. The molecule has 1 amide bonds. The van der Waals surface area contributed by atoms with E-state index in [0.717, 1.165) is 19.4 Å². The van der Waals surface area contributed by atoms with E-state index in [1.165, 1.54) is 5.56 Å². The molecule has 0 spiro atoms. The molecule has 1 aliphatic heterocycles. The van der Waals surface area contributed by atoms with Crippen molar-refractivity contribution in [2.45, 2.75) is 45.3 Å². The van der Waals surface area contributed by atoms with E-state index in [1.807, 2.05) is 26.8 Å². The van der Waals surface area contributed by atoms with Crippen LogP contribution in [0.1, 0.15) is 45.2 Å². The van der Waals surface area contributed by atoms with Gasteiger partial charge in [0.15, 0.2) is 0 Å². The van der Waals surface area contributed by atoms with Crippen LogP contribution in [0.3, 0.4) is 0 Å². The number of alkyl carbamates (subject to hydrolysis) is 1. The minimum atomic E-state index is -0.437. The van der Waals surface area contributed by atoms with Gasteiger partial charge in [-0.05, 0) is 45.1 Å². The van der Waals surface area contributed by atoms with E-state index in [2.05, 4.69) is 34.9 Å². The predicted octanol–water partition coefficient (Wildman–Crippen LogP) is 3.25. The molecule has 0 bridgehead atoms. The second kappa shape index (κ2) is 6.94. The number of rotatable bonds is 3. The Morgan fingerprint density at radius 2 is 2.00 bits per heavy atom. The molecule has 1 aromatic rings. The number of piperidine rings is 1. The third kappa shape index (κ3) is 5.38. The van der Waals surface area contributed by atoms with Crippen LogP contribution in [0.2, 0.25) is 0 Å². The number of hydrogen-bond acceptors (Lipinski definition) is 3. The Labute approximate surface area is 127 Å². The molecule has 1 heterocycles. The summed E-state index contributed by atoms with van der Waals surface area (Å²) in [6, 6.07) is 11.0. The zero-order valence-electron chi connectivity index (χ0n) is 13.2.